The van der Waals surface area contributed by atoms with E-state index in [0.717, 1.165) is 39.4 Å². The number of hydrogen-bond donors (Lipinski definition) is 2. The SMILES string of the molecule is Cl.NNCCN1CCOCC1. The molecule has 1 heterocycles. The summed E-state index contributed by atoms with van der Waals surface area (Å²) < 4.78 is 5.19. The fraction of sp³-hybridized carbons (Fsp3) is 1.00. The molecule has 0 aromatic carbocycles. The molecule has 11 heavy (non-hydrogen) atoms. The van der Waals surface area contributed by atoms with Crippen molar-refractivity contribution in [3.63, 3.8) is 0 Å². The standard InChI is InChI=1S/C6H15N3O.ClH/c7-8-1-2-9-3-5-10-6-4-9;/h8H,1-7H2;1H. The lowest BCUT2D eigenvalue weighted by molar-refractivity contribution is 0.0384. The molecule has 4 nitrogen and oxygen atoms in total. The van der Waals surface area contributed by atoms with Crippen molar-refractivity contribution in [2.75, 3.05) is 39.4 Å². The Morgan fingerprint density at radius 1 is 1.36 bits per heavy atom. The van der Waals surface area contributed by atoms with Gasteiger partial charge in [-0.05, 0) is 0 Å². The number of ether oxygens (including phenoxy) is 1. The molecule has 0 spiro atoms. The molecule has 1 rings (SSSR count). The molecule has 0 aromatic heterocycles. The quantitative estimate of drug-likeness (QED) is 0.443. The van der Waals surface area contributed by atoms with E-state index in [9.17, 15) is 0 Å². The molecule has 0 bridgehead atoms. The summed E-state index contributed by atoms with van der Waals surface area (Å²) in [4.78, 5) is 2.34. The Kier molecular flexibility index (Phi) is 6.90. The third kappa shape index (κ3) is 4.55. The summed E-state index contributed by atoms with van der Waals surface area (Å²) in [5.41, 5.74) is 2.63. The van der Waals surface area contributed by atoms with Crippen LogP contribution in [0.15, 0.2) is 0 Å². The zero-order valence-corrected chi connectivity index (χ0v) is 7.40. The second kappa shape index (κ2) is 6.82. The van der Waals surface area contributed by atoms with Crippen molar-refractivity contribution in [1.82, 2.24) is 10.3 Å². The normalized spacial score (nSPS) is 19.4. The van der Waals surface area contributed by atoms with Gasteiger partial charge < -0.3 is 4.74 Å². The highest BCUT2D eigenvalue weighted by Crippen LogP contribution is 1.93. The van der Waals surface area contributed by atoms with Crippen LogP contribution in [-0.2, 0) is 4.74 Å². The van der Waals surface area contributed by atoms with Crippen LogP contribution in [0.5, 0.6) is 0 Å². The van der Waals surface area contributed by atoms with Crippen molar-refractivity contribution >= 4 is 12.4 Å². The zero-order valence-electron chi connectivity index (χ0n) is 6.58. The zero-order chi connectivity index (χ0) is 7.23. The van der Waals surface area contributed by atoms with Crippen molar-refractivity contribution in [1.29, 1.82) is 0 Å². The molecule has 0 amide bonds. The first-order valence-electron chi connectivity index (χ1n) is 3.67. The molecule has 5 heteroatoms. The van der Waals surface area contributed by atoms with Gasteiger partial charge in [-0.15, -0.1) is 12.4 Å². The molecule has 3 N–H and O–H groups in total. The van der Waals surface area contributed by atoms with E-state index >= 15 is 0 Å². The molecule has 0 aromatic rings. The molecular formula is C6H16ClN3O. The topological polar surface area (TPSA) is 50.5 Å². The van der Waals surface area contributed by atoms with Crippen LogP contribution in [0.2, 0.25) is 0 Å². The maximum absolute atomic E-state index is 5.19. The van der Waals surface area contributed by atoms with Crippen LogP contribution in [0.4, 0.5) is 0 Å². The molecular weight excluding hydrogens is 166 g/mol. The number of nitrogens with one attached hydrogen (secondary N) is 1. The van der Waals surface area contributed by atoms with Crippen LogP contribution in [0, 0.1) is 0 Å². The van der Waals surface area contributed by atoms with Gasteiger partial charge in [-0.1, -0.05) is 0 Å². The summed E-state index contributed by atoms with van der Waals surface area (Å²) in [6.45, 7) is 5.71. The van der Waals surface area contributed by atoms with E-state index in [-0.39, 0.29) is 12.4 Å². The lowest BCUT2D eigenvalue weighted by Crippen LogP contribution is -2.41. The first kappa shape index (κ1) is 11.1. The largest absolute Gasteiger partial charge is 0.379 e. The highest BCUT2D eigenvalue weighted by molar-refractivity contribution is 5.85. The Bertz CT molecular complexity index is 87.9. The Hall–Kier alpha value is 0.130. The Morgan fingerprint density at radius 2 is 2.00 bits per heavy atom. The van der Waals surface area contributed by atoms with Gasteiger partial charge in [0.15, 0.2) is 0 Å². The summed E-state index contributed by atoms with van der Waals surface area (Å²) >= 11 is 0. The van der Waals surface area contributed by atoms with Crippen LogP contribution >= 0.6 is 12.4 Å². The van der Waals surface area contributed by atoms with E-state index in [1.165, 1.54) is 0 Å². The van der Waals surface area contributed by atoms with E-state index in [2.05, 4.69) is 10.3 Å². The highest BCUT2D eigenvalue weighted by atomic mass is 35.5. The summed E-state index contributed by atoms with van der Waals surface area (Å²) in [6.07, 6.45) is 0. The number of morpholine rings is 1. The average molecular weight is 182 g/mol. The minimum absolute atomic E-state index is 0. The minimum Gasteiger partial charge on any atom is -0.379 e. The number of hydrogen-bond acceptors (Lipinski definition) is 4. The maximum atomic E-state index is 5.19. The van der Waals surface area contributed by atoms with Crippen LogP contribution in [0.25, 0.3) is 0 Å². The van der Waals surface area contributed by atoms with Crippen molar-refractivity contribution in [2.45, 2.75) is 0 Å². The number of rotatable bonds is 3. The van der Waals surface area contributed by atoms with Gasteiger partial charge in [0, 0.05) is 26.2 Å². The first-order valence-corrected chi connectivity index (χ1v) is 3.67. The molecule has 0 saturated carbocycles. The maximum Gasteiger partial charge on any atom is 0.0594 e. The molecule has 1 saturated heterocycles. The van der Waals surface area contributed by atoms with Crippen molar-refractivity contribution in [2.24, 2.45) is 5.84 Å². The van der Waals surface area contributed by atoms with E-state index in [0.29, 0.717) is 0 Å². The molecule has 0 atom stereocenters. The van der Waals surface area contributed by atoms with Crippen LogP contribution < -0.4 is 11.3 Å². The van der Waals surface area contributed by atoms with Gasteiger partial charge >= 0.3 is 0 Å². The molecule has 1 fully saturated rings. The smallest absolute Gasteiger partial charge is 0.0594 e. The summed E-state index contributed by atoms with van der Waals surface area (Å²) in [5, 5.41) is 0. The second-order valence-corrected chi connectivity index (χ2v) is 2.41. The van der Waals surface area contributed by atoms with Crippen molar-refractivity contribution in [3.8, 4) is 0 Å². The molecule has 1 aliphatic rings. The highest BCUT2D eigenvalue weighted by Gasteiger charge is 2.08. The van der Waals surface area contributed by atoms with E-state index in [1.807, 2.05) is 0 Å². The van der Waals surface area contributed by atoms with Gasteiger partial charge in [-0.2, -0.15) is 0 Å². The van der Waals surface area contributed by atoms with Crippen LogP contribution in [0.1, 0.15) is 0 Å². The fourth-order valence-corrected chi connectivity index (χ4v) is 1.05. The van der Waals surface area contributed by atoms with Crippen LogP contribution in [-0.4, -0.2) is 44.3 Å². The number of halogens is 1. The third-order valence-electron chi connectivity index (χ3n) is 1.68. The van der Waals surface area contributed by atoms with Gasteiger partial charge in [0.2, 0.25) is 0 Å². The van der Waals surface area contributed by atoms with Gasteiger partial charge in [0.05, 0.1) is 13.2 Å². The van der Waals surface area contributed by atoms with Crippen molar-refractivity contribution < 1.29 is 4.74 Å². The van der Waals surface area contributed by atoms with Crippen molar-refractivity contribution in [3.05, 3.63) is 0 Å². The van der Waals surface area contributed by atoms with Gasteiger partial charge in [-0.25, -0.2) is 0 Å². The molecule has 0 radical (unpaired) electrons. The Labute approximate surface area is 73.4 Å². The lowest BCUT2D eigenvalue weighted by atomic mass is 10.4. The third-order valence-corrected chi connectivity index (χ3v) is 1.68. The number of nitrogens with zero attached hydrogens (tertiary/aromatic N) is 1. The fourth-order valence-electron chi connectivity index (χ4n) is 1.05. The second-order valence-electron chi connectivity index (χ2n) is 2.41. The summed E-state index contributed by atoms with van der Waals surface area (Å²) in [5.74, 6) is 5.14. The minimum atomic E-state index is 0. The predicted octanol–water partition coefficient (Wildman–Crippen LogP) is -0.796. The van der Waals surface area contributed by atoms with Crippen LogP contribution in [0.3, 0.4) is 0 Å². The predicted molar refractivity (Wildman–Crippen MR) is 46.7 cm³/mol. The molecule has 0 unspecified atom stereocenters. The number of nitrogens with two attached hydrogens (primary N) is 1. The Morgan fingerprint density at radius 3 is 2.55 bits per heavy atom. The van der Waals surface area contributed by atoms with Gasteiger partial charge in [0.1, 0.15) is 0 Å². The summed E-state index contributed by atoms with van der Waals surface area (Å²) in [6, 6.07) is 0. The Balaban J connectivity index is 0.000001000. The van der Waals surface area contributed by atoms with E-state index < -0.39 is 0 Å². The van der Waals surface area contributed by atoms with Gasteiger partial charge in [-0.3, -0.25) is 16.2 Å². The monoisotopic (exact) mass is 181 g/mol. The van der Waals surface area contributed by atoms with E-state index in [4.69, 9.17) is 10.6 Å². The first-order chi connectivity index (χ1) is 4.93. The molecule has 68 valence electrons. The summed E-state index contributed by atoms with van der Waals surface area (Å²) in [7, 11) is 0. The van der Waals surface area contributed by atoms with E-state index in [1.54, 1.807) is 0 Å². The average Bonchev–Trinajstić information content (AvgIpc) is 2.03. The number of hydrazine groups is 1. The van der Waals surface area contributed by atoms with Gasteiger partial charge in [0.25, 0.3) is 0 Å². The lowest BCUT2D eigenvalue weighted by Gasteiger charge is -2.26. The molecule has 1 aliphatic heterocycles. The molecule has 0 aliphatic carbocycles.